The van der Waals surface area contributed by atoms with E-state index in [-0.39, 0.29) is 0 Å². The first-order valence-electron chi connectivity index (χ1n) is 4.21. The highest BCUT2D eigenvalue weighted by Crippen LogP contribution is 2.48. The van der Waals surface area contributed by atoms with Crippen LogP contribution in [0.25, 0.3) is 0 Å². The Morgan fingerprint density at radius 3 is 3.22 bits per heavy atom. The van der Waals surface area contributed by atoms with Crippen molar-refractivity contribution in [2.24, 2.45) is 5.92 Å². The van der Waals surface area contributed by atoms with Crippen molar-refractivity contribution in [1.82, 2.24) is 4.90 Å². The molecule has 0 aromatic rings. The van der Waals surface area contributed by atoms with E-state index >= 15 is 0 Å². The zero-order chi connectivity index (χ0) is 5.84. The average molecular weight is 123 g/mol. The summed E-state index contributed by atoms with van der Waals surface area (Å²) in [5, 5.41) is 0. The van der Waals surface area contributed by atoms with Crippen molar-refractivity contribution >= 4 is 0 Å². The summed E-state index contributed by atoms with van der Waals surface area (Å²) in [7, 11) is 0. The third-order valence-corrected chi connectivity index (χ3v) is 3.18. The van der Waals surface area contributed by atoms with Gasteiger partial charge in [0.05, 0.1) is 0 Å². The van der Waals surface area contributed by atoms with E-state index in [9.17, 15) is 0 Å². The molecule has 2 saturated heterocycles. The molecule has 1 heteroatoms. The van der Waals surface area contributed by atoms with Crippen LogP contribution in [-0.4, -0.2) is 23.5 Å². The van der Waals surface area contributed by atoms with E-state index in [2.05, 4.69) is 4.90 Å². The molecule has 3 aliphatic rings. The summed E-state index contributed by atoms with van der Waals surface area (Å²) in [6.07, 6.45) is 6.10. The first kappa shape index (κ1) is 4.73. The van der Waals surface area contributed by atoms with Crippen LogP contribution in [0.5, 0.6) is 0 Å². The third kappa shape index (κ3) is 0.586. The highest BCUT2D eigenvalue weighted by atomic mass is 15.4. The Morgan fingerprint density at radius 2 is 2.22 bits per heavy atom. The van der Waals surface area contributed by atoms with E-state index in [0.717, 1.165) is 18.0 Å². The number of rotatable bonds is 0. The van der Waals surface area contributed by atoms with Crippen molar-refractivity contribution < 1.29 is 0 Å². The van der Waals surface area contributed by atoms with Crippen LogP contribution >= 0.6 is 0 Å². The molecule has 0 amide bonds. The predicted molar refractivity (Wildman–Crippen MR) is 36.2 cm³/mol. The first-order valence-corrected chi connectivity index (χ1v) is 4.21. The van der Waals surface area contributed by atoms with Crippen LogP contribution in [0.2, 0.25) is 0 Å². The Hall–Kier alpha value is -0.0400. The second-order valence-electron chi connectivity index (χ2n) is 3.84. The van der Waals surface area contributed by atoms with Gasteiger partial charge in [-0.1, -0.05) is 6.42 Å². The number of hydrogen-bond donors (Lipinski definition) is 0. The van der Waals surface area contributed by atoms with E-state index in [1.165, 1.54) is 32.2 Å². The lowest BCUT2D eigenvalue weighted by molar-refractivity contribution is 0.485. The Kier molecular flexibility index (Phi) is 0.704. The molecule has 9 heavy (non-hydrogen) atoms. The minimum absolute atomic E-state index is 1.04. The fourth-order valence-corrected chi connectivity index (χ4v) is 2.42. The Bertz CT molecular complexity index is 128. The molecular weight excluding hydrogens is 110 g/mol. The quantitative estimate of drug-likeness (QED) is 0.438. The molecule has 1 aliphatic carbocycles. The van der Waals surface area contributed by atoms with E-state index in [1.807, 2.05) is 0 Å². The summed E-state index contributed by atoms with van der Waals surface area (Å²) in [5.74, 6) is 1.14. The molecule has 0 aromatic carbocycles. The summed E-state index contributed by atoms with van der Waals surface area (Å²) < 4.78 is 0. The molecule has 50 valence electrons. The number of hydrogen-bond acceptors (Lipinski definition) is 1. The molecular formula is C8H13N. The SMILES string of the molecule is C1CC2CC2N2CC2C1. The zero-order valence-corrected chi connectivity index (χ0v) is 5.71. The molecule has 0 aromatic heterocycles. The fraction of sp³-hybridized carbons (Fsp3) is 1.00. The van der Waals surface area contributed by atoms with Crippen LogP contribution in [0.1, 0.15) is 25.7 Å². The van der Waals surface area contributed by atoms with Crippen LogP contribution in [-0.2, 0) is 0 Å². The minimum Gasteiger partial charge on any atom is -0.294 e. The molecule has 3 rings (SSSR count). The lowest BCUT2D eigenvalue weighted by Crippen LogP contribution is -2.03. The van der Waals surface area contributed by atoms with E-state index in [1.54, 1.807) is 0 Å². The van der Waals surface area contributed by atoms with Crippen molar-refractivity contribution in [2.75, 3.05) is 6.54 Å². The maximum absolute atomic E-state index is 2.71. The predicted octanol–water partition coefficient (Wildman–Crippen LogP) is 1.24. The Labute approximate surface area is 56.0 Å². The smallest absolute Gasteiger partial charge is 0.0227 e. The highest BCUT2D eigenvalue weighted by Gasteiger charge is 2.52. The molecule has 2 aliphatic heterocycles. The summed E-state index contributed by atoms with van der Waals surface area (Å²) in [6, 6.07) is 2.11. The third-order valence-electron chi connectivity index (χ3n) is 3.18. The van der Waals surface area contributed by atoms with Crippen molar-refractivity contribution in [3.05, 3.63) is 0 Å². The largest absolute Gasteiger partial charge is 0.294 e. The molecule has 3 fully saturated rings. The standard InChI is InChI=1S/C8H13N/c1-2-6-4-8(6)9-5-7(9)3-1/h6-8H,1-5H2. The topological polar surface area (TPSA) is 3.01 Å². The molecule has 1 saturated carbocycles. The second-order valence-corrected chi connectivity index (χ2v) is 3.84. The normalized spacial score (nSPS) is 61.3. The number of nitrogens with zero attached hydrogens (tertiary/aromatic N) is 1. The van der Waals surface area contributed by atoms with Crippen molar-refractivity contribution in [3.63, 3.8) is 0 Å². The van der Waals surface area contributed by atoms with Gasteiger partial charge in [-0.25, -0.2) is 0 Å². The van der Waals surface area contributed by atoms with Gasteiger partial charge in [-0.2, -0.15) is 0 Å². The van der Waals surface area contributed by atoms with Crippen LogP contribution in [0.15, 0.2) is 0 Å². The van der Waals surface area contributed by atoms with Crippen molar-refractivity contribution in [2.45, 2.75) is 37.8 Å². The lowest BCUT2D eigenvalue weighted by Gasteiger charge is -1.93. The van der Waals surface area contributed by atoms with Crippen LogP contribution in [0.4, 0.5) is 0 Å². The highest BCUT2D eigenvalue weighted by molar-refractivity contribution is 5.07. The van der Waals surface area contributed by atoms with Crippen LogP contribution < -0.4 is 0 Å². The molecule has 4 unspecified atom stereocenters. The van der Waals surface area contributed by atoms with Gasteiger partial charge in [-0.3, -0.25) is 4.90 Å². The molecule has 0 radical (unpaired) electrons. The molecule has 0 bridgehead atoms. The van der Waals surface area contributed by atoms with Crippen LogP contribution in [0, 0.1) is 5.92 Å². The molecule has 4 atom stereocenters. The van der Waals surface area contributed by atoms with Gasteiger partial charge in [0, 0.05) is 18.6 Å². The van der Waals surface area contributed by atoms with Crippen molar-refractivity contribution in [3.8, 4) is 0 Å². The van der Waals surface area contributed by atoms with E-state index in [0.29, 0.717) is 0 Å². The Balaban J connectivity index is 1.81. The van der Waals surface area contributed by atoms with Gasteiger partial charge in [-0.05, 0) is 25.2 Å². The van der Waals surface area contributed by atoms with Gasteiger partial charge < -0.3 is 0 Å². The fourth-order valence-electron chi connectivity index (χ4n) is 2.42. The molecule has 2 heterocycles. The molecule has 0 N–H and O–H groups in total. The van der Waals surface area contributed by atoms with Gasteiger partial charge in [0.25, 0.3) is 0 Å². The summed E-state index contributed by atoms with van der Waals surface area (Å²) in [5.41, 5.74) is 0. The van der Waals surface area contributed by atoms with Gasteiger partial charge in [0.15, 0.2) is 0 Å². The van der Waals surface area contributed by atoms with Crippen LogP contribution in [0.3, 0.4) is 0 Å². The van der Waals surface area contributed by atoms with Gasteiger partial charge >= 0.3 is 0 Å². The summed E-state index contributed by atoms with van der Waals surface area (Å²) in [6.45, 7) is 1.45. The zero-order valence-electron chi connectivity index (χ0n) is 5.71. The molecule has 0 spiro atoms. The monoisotopic (exact) mass is 123 g/mol. The maximum Gasteiger partial charge on any atom is 0.0227 e. The van der Waals surface area contributed by atoms with E-state index in [4.69, 9.17) is 0 Å². The summed E-state index contributed by atoms with van der Waals surface area (Å²) >= 11 is 0. The van der Waals surface area contributed by atoms with Gasteiger partial charge in [0.2, 0.25) is 0 Å². The van der Waals surface area contributed by atoms with Crippen molar-refractivity contribution in [1.29, 1.82) is 0 Å². The summed E-state index contributed by atoms with van der Waals surface area (Å²) in [4.78, 5) is 2.71. The van der Waals surface area contributed by atoms with Gasteiger partial charge in [-0.15, -0.1) is 0 Å². The maximum atomic E-state index is 2.71. The molecule has 1 nitrogen and oxygen atoms in total. The van der Waals surface area contributed by atoms with E-state index < -0.39 is 0 Å². The average Bonchev–Trinajstić information content (AvgIpc) is 2.48. The number of fused-ring (bicyclic) bond motifs is 3. The minimum atomic E-state index is 1.04. The lowest BCUT2D eigenvalue weighted by atomic mass is 10.1. The second kappa shape index (κ2) is 1.34. The van der Waals surface area contributed by atoms with Gasteiger partial charge in [0.1, 0.15) is 0 Å². The Morgan fingerprint density at radius 1 is 1.22 bits per heavy atom. The first-order chi connectivity index (χ1) is 4.45.